The molecular formula is C20H19N3O5S. The van der Waals surface area contributed by atoms with Crippen LogP contribution in [0.1, 0.15) is 5.56 Å². The van der Waals surface area contributed by atoms with E-state index in [9.17, 15) is 23.3 Å². The molecule has 1 amide bonds. The molecule has 0 spiro atoms. The summed E-state index contributed by atoms with van der Waals surface area (Å²) in [6, 6.07) is 16.6. The second kappa shape index (κ2) is 7.88. The van der Waals surface area contributed by atoms with E-state index in [0.29, 0.717) is 16.6 Å². The number of nitro groups is 1. The predicted molar refractivity (Wildman–Crippen MR) is 113 cm³/mol. The zero-order chi connectivity index (χ0) is 21.2. The van der Waals surface area contributed by atoms with Crippen LogP contribution in [0.3, 0.4) is 0 Å². The molecule has 150 valence electrons. The van der Waals surface area contributed by atoms with Gasteiger partial charge in [0, 0.05) is 17.5 Å². The molecule has 0 aliphatic carbocycles. The van der Waals surface area contributed by atoms with Gasteiger partial charge in [-0.05, 0) is 23.9 Å². The SMILES string of the molecule is Cc1ccc([N+](=O)[O-])cc1NC(=O)CN(c1cccc2ccccc12)S(C)(=O)=O. The zero-order valence-electron chi connectivity index (χ0n) is 15.8. The van der Waals surface area contributed by atoms with Gasteiger partial charge in [0.05, 0.1) is 22.6 Å². The first kappa shape index (κ1) is 20.3. The Balaban J connectivity index is 1.94. The van der Waals surface area contributed by atoms with Crippen molar-refractivity contribution in [2.75, 3.05) is 22.4 Å². The van der Waals surface area contributed by atoms with E-state index in [2.05, 4.69) is 5.32 Å². The van der Waals surface area contributed by atoms with Crippen molar-refractivity contribution in [3.05, 3.63) is 76.3 Å². The summed E-state index contributed by atoms with van der Waals surface area (Å²) in [5.74, 6) is -0.605. The number of amides is 1. The van der Waals surface area contributed by atoms with Gasteiger partial charge in [-0.25, -0.2) is 8.42 Å². The molecule has 3 aromatic rings. The number of hydrogen-bond donors (Lipinski definition) is 1. The average Bonchev–Trinajstić information content (AvgIpc) is 2.66. The molecule has 0 radical (unpaired) electrons. The van der Waals surface area contributed by atoms with Crippen LogP contribution in [0.2, 0.25) is 0 Å². The Morgan fingerprint density at radius 1 is 1.10 bits per heavy atom. The summed E-state index contributed by atoms with van der Waals surface area (Å²) in [5, 5.41) is 15.1. The molecule has 29 heavy (non-hydrogen) atoms. The van der Waals surface area contributed by atoms with Crippen LogP contribution in [0.4, 0.5) is 17.1 Å². The summed E-state index contributed by atoms with van der Waals surface area (Å²) in [6.07, 6.45) is 1.03. The molecule has 9 heteroatoms. The van der Waals surface area contributed by atoms with Crippen LogP contribution in [-0.2, 0) is 14.8 Å². The maximum Gasteiger partial charge on any atom is 0.271 e. The maximum atomic E-state index is 12.6. The second-order valence-electron chi connectivity index (χ2n) is 6.57. The van der Waals surface area contributed by atoms with Crippen LogP contribution >= 0.6 is 0 Å². The van der Waals surface area contributed by atoms with Crippen molar-refractivity contribution in [3.8, 4) is 0 Å². The molecule has 1 N–H and O–H groups in total. The Kier molecular flexibility index (Phi) is 5.51. The van der Waals surface area contributed by atoms with Gasteiger partial charge in [-0.15, -0.1) is 0 Å². The number of rotatable bonds is 6. The standard InChI is InChI=1S/C20H19N3O5S/c1-14-10-11-16(23(25)26)12-18(14)21-20(24)13-22(29(2,27)28)19-9-5-7-15-6-3-4-8-17(15)19/h3-12H,13H2,1-2H3,(H,21,24). The lowest BCUT2D eigenvalue weighted by atomic mass is 10.1. The number of hydrogen-bond acceptors (Lipinski definition) is 5. The van der Waals surface area contributed by atoms with Gasteiger partial charge < -0.3 is 5.32 Å². The van der Waals surface area contributed by atoms with Crippen molar-refractivity contribution in [1.82, 2.24) is 0 Å². The molecule has 0 atom stereocenters. The minimum Gasteiger partial charge on any atom is -0.324 e. The minimum absolute atomic E-state index is 0.167. The van der Waals surface area contributed by atoms with Crippen molar-refractivity contribution in [1.29, 1.82) is 0 Å². The molecule has 3 aromatic carbocycles. The summed E-state index contributed by atoms with van der Waals surface area (Å²) in [6.45, 7) is 1.23. The summed E-state index contributed by atoms with van der Waals surface area (Å²) < 4.78 is 25.9. The number of nitrogens with one attached hydrogen (secondary N) is 1. The molecule has 0 bridgehead atoms. The van der Waals surface area contributed by atoms with Crippen molar-refractivity contribution >= 4 is 43.8 Å². The molecule has 0 aromatic heterocycles. The Labute approximate surface area is 168 Å². The van der Waals surface area contributed by atoms with Crippen molar-refractivity contribution < 1.29 is 18.1 Å². The first-order valence-corrected chi connectivity index (χ1v) is 10.5. The summed E-state index contributed by atoms with van der Waals surface area (Å²) in [4.78, 5) is 23.0. The van der Waals surface area contributed by atoms with Gasteiger partial charge >= 0.3 is 0 Å². The van der Waals surface area contributed by atoms with E-state index < -0.39 is 27.4 Å². The lowest BCUT2D eigenvalue weighted by Crippen LogP contribution is -2.37. The van der Waals surface area contributed by atoms with Gasteiger partial charge in [0.1, 0.15) is 6.54 Å². The first-order chi connectivity index (χ1) is 13.7. The number of carbonyl (C=O) groups excluding carboxylic acids is 1. The van der Waals surface area contributed by atoms with Crippen LogP contribution in [0.25, 0.3) is 10.8 Å². The third-order valence-electron chi connectivity index (χ3n) is 4.43. The number of anilines is 2. The Hall–Kier alpha value is -3.46. The smallest absolute Gasteiger partial charge is 0.271 e. The lowest BCUT2D eigenvalue weighted by molar-refractivity contribution is -0.384. The number of nitro benzene ring substituents is 1. The van der Waals surface area contributed by atoms with Crippen molar-refractivity contribution in [3.63, 3.8) is 0 Å². The number of benzene rings is 3. The quantitative estimate of drug-likeness (QED) is 0.492. The fraction of sp³-hybridized carbons (Fsp3) is 0.150. The highest BCUT2D eigenvalue weighted by molar-refractivity contribution is 7.92. The fourth-order valence-corrected chi connectivity index (χ4v) is 3.85. The molecule has 0 unspecified atom stereocenters. The molecular weight excluding hydrogens is 394 g/mol. The largest absolute Gasteiger partial charge is 0.324 e. The van der Waals surface area contributed by atoms with Crippen LogP contribution in [0.15, 0.2) is 60.7 Å². The zero-order valence-corrected chi connectivity index (χ0v) is 16.6. The predicted octanol–water partition coefficient (Wildman–Crippen LogP) is 3.46. The maximum absolute atomic E-state index is 12.6. The molecule has 3 rings (SSSR count). The molecule has 0 saturated heterocycles. The third kappa shape index (κ3) is 4.52. The molecule has 0 aliphatic rings. The van der Waals surface area contributed by atoms with Gasteiger partial charge in [-0.3, -0.25) is 19.2 Å². The van der Waals surface area contributed by atoms with Gasteiger partial charge in [0.15, 0.2) is 0 Å². The van der Waals surface area contributed by atoms with Crippen LogP contribution < -0.4 is 9.62 Å². The molecule has 0 aliphatic heterocycles. The van der Waals surface area contributed by atoms with E-state index in [-0.39, 0.29) is 11.4 Å². The third-order valence-corrected chi connectivity index (χ3v) is 5.56. The van der Waals surface area contributed by atoms with Crippen LogP contribution in [0.5, 0.6) is 0 Å². The van der Waals surface area contributed by atoms with Gasteiger partial charge in [-0.1, -0.05) is 42.5 Å². The first-order valence-electron chi connectivity index (χ1n) is 8.67. The minimum atomic E-state index is -3.76. The Bertz CT molecular complexity index is 1200. The highest BCUT2D eigenvalue weighted by Crippen LogP contribution is 2.28. The van der Waals surface area contributed by atoms with E-state index in [4.69, 9.17) is 0 Å². The van der Waals surface area contributed by atoms with Crippen molar-refractivity contribution in [2.24, 2.45) is 0 Å². The molecule has 0 fully saturated rings. The van der Waals surface area contributed by atoms with Crippen LogP contribution in [0, 0.1) is 17.0 Å². The number of fused-ring (bicyclic) bond motifs is 1. The number of aryl methyl sites for hydroxylation is 1. The number of nitrogens with zero attached hydrogens (tertiary/aromatic N) is 2. The molecule has 0 heterocycles. The van der Waals surface area contributed by atoms with E-state index in [1.54, 1.807) is 31.2 Å². The number of carbonyl (C=O) groups is 1. The highest BCUT2D eigenvalue weighted by atomic mass is 32.2. The fourth-order valence-electron chi connectivity index (χ4n) is 2.99. The number of sulfonamides is 1. The second-order valence-corrected chi connectivity index (χ2v) is 8.48. The summed E-state index contributed by atoms with van der Waals surface area (Å²) in [7, 11) is -3.76. The van der Waals surface area contributed by atoms with Gasteiger partial charge in [0.2, 0.25) is 15.9 Å². The average molecular weight is 413 g/mol. The van der Waals surface area contributed by atoms with Crippen LogP contribution in [-0.4, -0.2) is 32.0 Å². The summed E-state index contributed by atoms with van der Waals surface area (Å²) >= 11 is 0. The van der Waals surface area contributed by atoms with E-state index >= 15 is 0 Å². The van der Waals surface area contributed by atoms with Gasteiger partial charge in [-0.2, -0.15) is 0 Å². The Morgan fingerprint density at radius 2 is 1.79 bits per heavy atom. The van der Waals surface area contributed by atoms with Gasteiger partial charge in [0.25, 0.3) is 5.69 Å². The highest BCUT2D eigenvalue weighted by Gasteiger charge is 2.23. The molecule has 0 saturated carbocycles. The summed E-state index contributed by atoms with van der Waals surface area (Å²) in [5.41, 5.74) is 1.10. The number of non-ortho nitro benzene ring substituents is 1. The monoisotopic (exact) mass is 413 g/mol. The normalized spacial score (nSPS) is 11.2. The van der Waals surface area contributed by atoms with E-state index in [1.165, 1.54) is 18.2 Å². The topological polar surface area (TPSA) is 110 Å². The Morgan fingerprint density at radius 3 is 2.48 bits per heavy atom. The lowest BCUT2D eigenvalue weighted by Gasteiger charge is -2.23. The van der Waals surface area contributed by atoms with Crippen molar-refractivity contribution in [2.45, 2.75) is 6.92 Å². The van der Waals surface area contributed by atoms with E-state index in [1.807, 2.05) is 18.2 Å². The van der Waals surface area contributed by atoms with E-state index in [0.717, 1.165) is 15.9 Å². The molecule has 8 nitrogen and oxygen atoms in total.